The number of para-hydroxylation sites is 1. The number of fused-ring (bicyclic) bond motifs is 1. The summed E-state index contributed by atoms with van der Waals surface area (Å²) >= 11 is 6.22. The molecule has 1 unspecified atom stereocenters. The number of amides is 1. The first-order valence-corrected chi connectivity index (χ1v) is 12.4. The van der Waals surface area contributed by atoms with Gasteiger partial charge in [0.15, 0.2) is 0 Å². The summed E-state index contributed by atoms with van der Waals surface area (Å²) in [6.45, 7) is 0.534. The van der Waals surface area contributed by atoms with Gasteiger partial charge in [0.2, 0.25) is 16.4 Å². The number of hydrogen-bond donors (Lipinski definition) is 1. The maximum Gasteiger partial charge on any atom is 0.233 e. The van der Waals surface area contributed by atoms with E-state index in [1.54, 1.807) is 30.5 Å². The summed E-state index contributed by atoms with van der Waals surface area (Å²) < 4.78 is 33.6. The van der Waals surface area contributed by atoms with Gasteiger partial charge in [0.05, 0.1) is 16.3 Å². The number of pyridine rings is 2. The molecule has 1 N–H and O–H groups in total. The largest absolute Gasteiger partial charge is 0.490 e. The summed E-state index contributed by atoms with van der Waals surface area (Å²) in [5, 5.41) is 11.7. The number of nitrogens with zero attached hydrogens (tertiary/aromatic N) is 4. The van der Waals surface area contributed by atoms with Crippen LogP contribution in [0.25, 0.3) is 10.9 Å². The standard InChI is InChI=1S/C22H23ClN4O5S/c23-19-5-1-4-18-21(6-10-25-22(18)19)32-17-7-11-26(12-8-17)33(30,31)14-20(27(29)15-28)16-3-2-9-24-13-16/h1-6,9-10,13,15,17,20,29H,7-8,11-12,14H2. The minimum absolute atomic E-state index is 0.167. The molecule has 1 aliphatic heterocycles. The van der Waals surface area contributed by atoms with Crippen molar-refractivity contribution in [3.05, 3.63) is 65.6 Å². The van der Waals surface area contributed by atoms with Gasteiger partial charge in [-0.15, -0.1) is 0 Å². The van der Waals surface area contributed by atoms with E-state index in [9.17, 15) is 18.4 Å². The lowest BCUT2D eigenvalue weighted by atomic mass is 10.1. The first kappa shape index (κ1) is 23.4. The van der Waals surface area contributed by atoms with E-state index in [2.05, 4.69) is 9.97 Å². The SMILES string of the molecule is O=CN(O)C(CS(=O)(=O)N1CCC(Oc2ccnc3c(Cl)cccc23)CC1)c1cccnc1. The van der Waals surface area contributed by atoms with Crippen LogP contribution in [0.5, 0.6) is 5.75 Å². The molecule has 0 bridgehead atoms. The number of ether oxygens (including phenoxy) is 1. The van der Waals surface area contributed by atoms with Gasteiger partial charge >= 0.3 is 0 Å². The quantitative estimate of drug-likeness (QED) is 0.293. The van der Waals surface area contributed by atoms with Crippen molar-refractivity contribution in [2.45, 2.75) is 25.0 Å². The van der Waals surface area contributed by atoms with Crippen LogP contribution < -0.4 is 4.74 Å². The zero-order valence-electron chi connectivity index (χ0n) is 17.6. The third-order valence-electron chi connectivity index (χ3n) is 5.63. The van der Waals surface area contributed by atoms with Crippen molar-refractivity contribution in [1.29, 1.82) is 0 Å². The topological polar surface area (TPSA) is 113 Å². The highest BCUT2D eigenvalue weighted by Gasteiger charge is 2.33. The number of aromatic nitrogens is 2. The van der Waals surface area contributed by atoms with Crippen LogP contribution in [0, 0.1) is 0 Å². The first-order chi connectivity index (χ1) is 15.9. The minimum Gasteiger partial charge on any atom is -0.490 e. The van der Waals surface area contributed by atoms with Gasteiger partial charge in [0.25, 0.3) is 0 Å². The molecular weight excluding hydrogens is 468 g/mol. The van der Waals surface area contributed by atoms with E-state index in [0.717, 1.165) is 5.39 Å². The Kier molecular flexibility index (Phi) is 7.08. The van der Waals surface area contributed by atoms with Crippen LogP contribution in [0.1, 0.15) is 24.4 Å². The van der Waals surface area contributed by atoms with Crippen molar-refractivity contribution in [1.82, 2.24) is 19.3 Å². The number of hydroxylamine groups is 2. The number of carbonyl (C=O) groups excluding carboxylic acids is 1. The smallest absolute Gasteiger partial charge is 0.233 e. The van der Waals surface area contributed by atoms with Crippen molar-refractivity contribution < 1.29 is 23.2 Å². The molecule has 1 saturated heterocycles. The Morgan fingerprint density at radius 3 is 2.70 bits per heavy atom. The predicted molar refractivity (Wildman–Crippen MR) is 122 cm³/mol. The van der Waals surface area contributed by atoms with Crippen LogP contribution in [-0.4, -0.2) is 64.3 Å². The average molecular weight is 491 g/mol. The van der Waals surface area contributed by atoms with Gasteiger partial charge in [-0.05, 0) is 42.7 Å². The minimum atomic E-state index is -3.76. The number of hydrogen-bond acceptors (Lipinski definition) is 7. The second-order valence-electron chi connectivity index (χ2n) is 7.73. The lowest BCUT2D eigenvalue weighted by Gasteiger charge is -2.33. The van der Waals surface area contributed by atoms with E-state index in [0.29, 0.717) is 39.8 Å². The van der Waals surface area contributed by atoms with Crippen molar-refractivity contribution in [2.24, 2.45) is 0 Å². The van der Waals surface area contributed by atoms with Gasteiger partial charge in [0.1, 0.15) is 17.9 Å². The highest BCUT2D eigenvalue weighted by molar-refractivity contribution is 7.89. The highest BCUT2D eigenvalue weighted by atomic mass is 35.5. The first-order valence-electron chi connectivity index (χ1n) is 10.4. The number of halogens is 1. The van der Waals surface area contributed by atoms with Crippen LogP contribution >= 0.6 is 11.6 Å². The summed E-state index contributed by atoms with van der Waals surface area (Å²) in [5.41, 5.74) is 1.08. The fourth-order valence-corrected chi connectivity index (χ4v) is 5.85. The Bertz CT molecular complexity index is 1220. The van der Waals surface area contributed by atoms with Gasteiger partial charge in [-0.1, -0.05) is 23.7 Å². The number of carbonyl (C=O) groups is 1. The lowest BCUT2D eigenvalue weighted by Crippen LogP contribution is -2.44. The van der Waals surface area contributed by atoms with Crippen LogP contribution in [0.2, 0.25) is 5.02 Å². The fraction of sp³-hybridized carbons (Fsp3) is 0.318. The molecule has 9 nitrogen and oxygen atoms in total. The summed E-state index contributed by atoms with van der Waals surface area (Å²) in [7, 11) is -3.76. The molecule has 1 aliphatic rings. The molecule has 2 aromatic heterocycles. The molecule has 1 amide bonds. The molecule has 33 heavy (non-hydrogen) atoms. The predicted octanol–water partition coefficient (Wildman–Crippen LogP) is 3.05. The van der Waals surface area contributed by atoms with E-state index in [4.69, 9.17) is 16.3 Å². The summed E-state index contributed by atoms with van der Waals surface area (Å²) in [4.78, 5) is 19.4. The Hall–Kier alpha value is -2.79. The second-order valence-corrected chi connectivity index (χ2v) is 10.1. The molecule has 1 aromatic carbocycles. The van der Waals surface area contributed by atoms with Gasteiger partial charge < -0.3 is 4.74 Å². The molecular formula is C22H23ClN4O5S. The third kappa shape index (κ3) is 5.25. The molecule has 1 fully saturated rings. The van der Waals surface area contributed by atoms with Crippen LogP contribution in [0.15, 0.2) is 55.0 Å². The van der Waals surface area contributed by atoms with Crippen molar-refractivity contribution >= 4 is 38.9 Å². The van der Waals surface area contributed by atoms with Crippen molar-refractivity contribution in [3.8, 4) is 5.75 Å². The second kappa shape index (κ2) is 10.0. The molecule has 0 radical (unpaired) electrons. The van der Waals surface area contributed by atoms with Crippen molar-refractivity contribution in [2.75, 3.05) is 18.8 Å². The Balaban J connectivity index is 1.43. The zero-order chi connectivity index (χ0) is 23.4. The van der Waals surface area contributed by atoms with E-state index in [1.165, 1.54) is 16.7 Å². The van der Waals surface area contributed by atoms with Crippen LogP contribution in [0.4, 0.5) is 0 Å². The van der Waals surface area contributed by atoms with Crippen molar-refractivity contribution in [3.63, 3.8) is 0 Å². The summed E-state index contributed by atoms with van der Waals surface area (Å²) in [6.07, 6.45) is 5.61. The fourth-order valence-electron chi connectivity index (χ4n) is 3.90. The third-order valence-corrected chi connectivity index (χ3v) is 7.83. The molecule has 0 saturated carbocycles. The molecule has 3 aromatic rings. The number of piperidine rings is 1. The number of rotatable bonds is 8. The van der Waals surface area contributed by atoms with Gasteiger partial charge in [-0.2, -0.15) is 0 Å². The van der Waals surface area contributed by atoms with E-state index < -0.39 is 21.8 Å². The number of sulfonamides is 1. The Labute approximate surface area is 196 Å². The molecule has 0 aliphatic carbocycles. The van der Waals surface area contributed by atoms with Gasteiger partial charge in [-0.3, -0.25) is 20.0 Å². The zero-order valence-corrected chi connectivity index (χ0v) is 19.2. The molecule has 1 atom stereocenters. The van der Waals surface area contributed by atoms with E-state index >= 15 is 0 Å². The normalized spacial score (nSPS) is 16.4. The molecule has 3 heterocycles. The highest BCUT2D eigenvalue weighted by Crippen LogP contribution is 2.31. The Morgan fingerprint density at radius 1 is 1.21 bits per heavy atom. The van der Waals surface area contributed by atoms with E-state index in [-0.39, 0.29) is 25.6 Å². The maximum atomic E-state index is 13.1. The van der Waals surface area contributed by atoms with Crippen LogP contribution in [-0.2, 0) is 14.8 Å². The summed E-state index contributed by atoms with van der Waals surface area (Å²) in [6, 6.07) is 9.43. The van der Waals surface area contributed by atoms with E-state index in [1.807, 2.05) is 12.1 Å². The monoisotopic (exact) mass is 490 g/mol. The maximum absolute atomic E-state index is 13.1. The van der Waals surface area contributed by atoms with Gasteiger partial charge in [0, 0.05) is 37.1 Å². The van der Waals surface area contributed by atoms with Gasteiger partial charge in [-0.25, -0.2) is 17.8 Å². The molecule has 4 rings (SSSR count). The number of benzene rings is 1. The van der Waals surface area contributed by atoms with Crippen LogP contribution in [0.3, 0.4) is 0 Å². The summed E-state index contributed by atoms with van der Waals surface area (Å²) in [5.74, 6) is 0.204. The lowest BCUT2D eigenvalue weighted by molar-refractivity contribution is -0.159. The average Bonchev–Trinajstić information content (AvgIpc) is 2.84. The molecule has 0 spiro atoms. The molecule has 11 heteroatoms. The molecule has 174 valence electrons. The Morgan fingerprint density at radius 2 is 2.00 bits per heavy atom.